The summed E-state index contributed by atoms with van der Waals surface area (Å²) in [6.45, 7) is 4.82. The maximum Gasteiger partial charge on any atom is 0.176 e. The third-order valence-electron chi connectivity index (χ3n) is 3.81. The molecule has 0 aromatic heterocycles. The molecule has 1 aliphatic heterocycles. The first-order valence-corrected chi connectivity index (χ1v) is 6.95. The number of benzene rings is 1. The third kappa shape index (κ3) is 3.90. The van der Waals surface area contributed by atoms with Gasteiger partial charge in [0.1, 0.15) is 0 Å². The SMILES string of the molecule is CC1CCCN(CC(=O)c2ccc(C#N)cc2)CC1. The summed E-state index contributed by atoms with van der Waals surface area (Å²) in [5.41, 5.74) is 1.30. The number of nitrogens with zero attached hydrogens (tertiary/aromatic N) is 2. The Morgan fingerprint density at radius 1 is 1.32 bits per heavy atom. The molecular weight excluding hydrogens is 236 g/mol. The molecule has 1 atom stereocenters. The van der Waals surface area contributed by atoms with E-state index in [2.05, 4.69) is 17.9 Å². The molecule has 1 aliphatic rings. The van der Waals surface area contributed by atoms with Crippen molar-refractivity contribution in [3.8, 4) is 6.07 Å². The summed E-state index contributed by atoms with van der Waals surface area (Å²) in [4.78, 5) is 14.4. The molecule has 0 N–H and O–H groups in total. The summed E-state index contributed by atoms with van der Waals surface area (Å²) in [6.07, 6.45) is 3.63. The normalized spacial score (nSPS) is 20.5. The Bertz CT molecular complexity index is 473. The fourth-order valence-corrected chi connectivity index (χ4v) is 2.51. The molecule has 0 bridgehead atoms. The molecule has 1 saturated heterocycles. The van der Waals surface area contributed by atoms with Crippen LogP contribution in [-0.2, 0) is 0 Å². The van der Waals surface area contributed by atoms with E-state index in [-0.39, 0.29) is 5.78 Å². The molecule has 1 aromatic carbocycles. The van der Waals surface area contributed by atoms with Crippen molar-refractivity contribution < 1.29 is 4.79 Å². The van der Waals surface area contributed by atoms with Crippen molar-refractivity contribution in [3.05, 3.63) is 35.4 Å². The van der Waals surface area contributed by atoms with E-state index < -0.39 is 0 Å². The maximum atomic E-state index is 12.2. The predicted molar refractivity (Wildman–Crippen MR) is 74.9 cm³/mol. The number of hydrogen-bond acceptors (Lipinski definition) is 3. The van der Waals surface area contributed by atoms with Gasteiger partial charge in [-0.3, -0.25) is 9.69 Å². The molecule has 0 spiro atoms. The molecule has 19 heavy (non-hydrogen) atoms. The maximum absolute atomic E-state index is 12.2. The summed E-state index contributed by atoms with van der Waals surface area (Å²) in [7, 11) is 0. The van der Waals surface area contributed by atoms with Gasteiger partial charge in [-0.25, -0.2) is 0 Å². The van der Waals surface area contributed by atoms with Gasteiger partial charge in [0.15, 0.2) is 5.78 Å². The number of carbonyl (C=O) groups excluding carboxylic acids is 1. The monoisotopic (exact) mass is 256 g/mol. The van der Waals surface area contributed by atoms with Gasteiger partial charge in [-0.05, 0) is 50.4 Å². The molecule has 0 amide bonds. The van der Waals surface area contributed by atoms with E-state index in [0.29, 0.717) is 17.7 Å². The largest absolute Gasteiger partial charge is 0.296 e. The summed E-state index contributed by atoms with van der Waals surface area (Å²) in [5, 5.41) is 8.74. The fourth-order valence-electron chi connectivity index (χ4n) is 2.51. The average Bonchev–Trinajstić information content (AvgIpc) is 2.64. The molecule has 3 nitrogen and oxygen atoms in total. The number of nitriles is 1. The van der Waals surface area contributed by atoms with Gasteiger partial charge in [-0.15, -0.1) is 0 Å². The summed E-state index contributed by atoms with van der Waals surface area (Å²) in [5.74, 6) is 0.925. The number of rotatable bonds is 3. The number of carbonyl (C=O) groups is 1. The minimum atomic E-state index is 0.152. The van der Waals surface area contributed by atoms with Crippen molar-refractivity contribution in [3.63, 3.8) is 0 Å². The Kier molecular flexibility index (Phi) is 4.70. The van der Waals surface area contributed by atoms with Crippen molar-refractivity contribution in [2.45, 2.75) is 26.2 Å². The van der Waals surface area contributed by atoms with Gasteiger partial charge in [0.2, 0.25) is 0 Å². The molecule has 0 saturated carbocycles. The van der Waals surface area contributed by atoms with Crippen molar-refractivity contribution in [1.82, 2.24) is 4.90 Å². The van der Waals surface area contributed by atoms with Crippen LogP contribution in [0.1, 0.15) is 42.1 Å². The van der Waals surface area contributed by atoms with Gasteiger partial charge in [0.25, 0.3) is 0 Å². The van der Waals surface area contributed by atoms with E-state index in [1.807, 2.05) is 0 Å². The Labute approximate surface area is 114 Å². The van der Waals surface area contributed by atoms with E-state index in [9.17, 15) is 4.79 Å². The minimum absolute atomic E-state index is 0.152. The van der Waals surface area contributed by atoms with Crippen LogP contribution in [0.25, 0.3) is 0 Å². The highest BCUT2D eigenvalue weighted by Crippen LogP contribution is 2.16. The van der Waals surface area contributed by atoms with Gasteiger partial charge in [0.05, 0.1) is 18.2 Å². The van der Waals surface area contributed by atoms with Crippen LogP contribution in [0.5, 0.6) is 0 Å². The molecule has 1 fully saturated rings. The summed E-state index contributed by atoms with van der Waals surface area (Å²) >= 11 is 0. The van der Waals surface area contributed by atoms with Crippen LogP contribution in [0.2, 0.25) is 0 Å². The topological polar surface area (TPSA) is 44.1 Å². The van der Waals surface area contributed by atoms with Crippen LogP contribution < -0.4 is 0 Å². The van der Waals surface area contributed by atoms with Crippen molar-refractivity contribution in [2.24, 2.45) is 5.92 Å². The Morgan fingerprint density at radius 3 is 2.74 bits per heavy atom. The van der Waals surface area contributed by atoms with Crippen LogP contribution in [0, 0.1) is 17.2 Å². The van der Waals surface area contributed by atoms with E-state index >= 15 is 0 Å². The van der Waals surface area contributed by atoms with Crippen LogP contribution in [0.4, 0.5) is 0 Å². The quantitative estimate of drug-likeness (QED) is 0.781. The highest BCUT2D eigenvalue weighted by Gasteiger charge is 2.16. The highest BCUT2D eigenvalue weighted by molar-refractivity contribution is 5.97. The number of ketones is 1. The lowest BCUT2D eigenvalue weighted by Crippen LogP contribution is -2.30. The second-order valence-electron chi connectivity index (χ2n) is 5.42. The van der Waals surface area contributed by atoms with E-state index in [1.54, 1.807) is 24.3 Å². The van der Waals surface area contributed by atoms with Crippen LogP contribution in [0.3, 0.4) is 0 Å². The van der Waals surface area contributed by atoms with Crippen molar-refractivity contribution in [1.29, 1.82) is 5.26 Å². The lowest BCUT2D eigenvalue weighted by Gasteiger charge is -2.18. The van der Waals surface area contributed by atoms with Crippen LogP contribution in [0.15, 0.2) is 24.3 Å². The number of hydrogen-bond donors (Lipinski definition) is 0. The minimum Gasteiger partial charge on any atom is -0.296 e. The van der Waals surface area contributed by atoms with E-state index in [0.717, 1.165) is 19.0 Å². The Hall–Kier alpha value is -1.66. The standard InChI is InChI=1S/C16H20N2O/c1-13-3-2-9-18(10-8-13)12-16(19)15-6-4-14(11-17)5-7-15/h4-7,13H,2-3,8-10,12H2,1H3. The molecule has 1 unspecified atom stereocenters. The zero-order valence-corrected chi connectivity index (χ0v) is 11.4. The molecule has 3 heteroatoms. The zero-order chi connectivity index (χ0) is 13.7. The first-order valence-electron chi connectivity index (χ1n) is 6.95. The molecular formula is C16H20N2O. The van der Waals surface area contributed by atoms with Crippen LogP contribution >= 0.6 is 0 Å². The third-order valence-corrected chi connectivity index (χ3v) is 3.81. The lowest BCUT2D eigenvalue weighted by molar-refractivity contribution is 0.0932. The van der Waals surface area contributed by atoms with Crippen molar-refractivity contribution in [2.75, 3.05) is 19.6 Å². The first kappa shape index (κ1) is 13.8. The Balaban J connectivity index is 1.94. The average molecular weight is 256 g/mol. The number of Topliss-reactive ketones (excluding diaryl/α,β-unsaturated/α-hetero) is 1. The van der Waals surface area contributed by atoms with Gasteiger partial charge >= 0.3 is 0 Å². The number of likely N-dealkylation sites (tertiary alicyclic amines) is 1. The predicted octanol–water partition coefficient (Wildman–Crippen LogP) is 2.86. The summed E-state index contributed by atoms with van der Waals surface area (Å²) in [6, 6.07) is 8.98. The molecule has 0 radical (unpaired) electrons. The zero-order valence-electron chi connectivity index (χ0n) is 11.4. The molecule has 1 aromatic rings. The van der Waals surface area contributed by atoms with Gasteiger partial charge in [-0.1, -0.05) is 19.1 Å². The highest BCUT2D eigenvalue weighted by atomic mass is 16.1. The second-order valence-corrected chi connectivity index (χ2v) is 5.42. The van der Waals surface area contributed by atoms with Gasteiger partial charge in [-0.2, -0.15) is 5.26 Å². The van der Waals surface area contributed by atoms with Crippen LogP contribution in [-0.4, -0.2) is 30.3 Å². The smallest absolute Gasteiger partial charge is 0.176 e. The van der Waals surface area contributed by atoms with E-state index in [4.69, 9.17) is 5.26 Å². The Morgan fingerprint density at radius 2 is 2.05 bits per heavy atom. The van der Waals surface area contributed by atoms with Crippen molar-refractivity contribution >= 4 is 5.78 Å². The molecule has 0 aliphatic carbocycles. The first-order chi connectivity index (χ1) is 9.19. The molecule has 100 valence electrons. The van der Waals surface area contributed by atoms with E-state index in [1.165, 1.54) is 19.3 Å². The summed E-state index contributed by atoms with van der Waals surface area (Å²) < 4.78 is 0. The fraction of sp³-hybridized carbons (Fsp3) is 0.500. The van der Waals surface area contributed by atoms with Gasteiger partial charge < -0.3 is 0 Å². The lowest BCUT2D eigenvalue weighted by atomic mass is 10.0. The molecule has 2 rings (SSSR count). The van der Waals surface area contributed by atoms with Gasteiger partial charge in [0, 0.05) is 5.56 Å². The second kappa shape index (κ2) is 6.49. The molecule has 1 heterocycles.